The number of methoxy groups -OCH3 is 2. The highest BCUT2D eigenvalue weighted by atomic mass is 16.5. The molecular weight excluding hydrogens is 332 g/mol. The summed E-state index contributed by atoms with van der Waals surface area (Å²) in [5.74, 6) is 1.11. The Morgan fingerprint density at radius 2 is 1.69 bits per heavy atom. The maximum atomic E-state index is 12.2. The van der Waals surface area contributed by atoms with Crippen molar-refractivity contribution in [1.82, 2.24) is 4.90 Å². The minimum absolute atomic E-state index is 0.00529. The fourth-order valence-corrected chi connectivity index (χ4v) is 2.49. The minimum atomic E-state index is -0.240. The molecule has 2 aromatic carbocycles. The van der Waals surface area contributed by atoms with Gasteiger partial charge in [0.1, 0.15) is 11.5 Å². The van der Waals surface area contributed by atoms with Gasteiger partial charge in [0, 0.05) is 19.2 Å². The zero-order valence-electron chi connectivity index (χ0n) is 15.3. The molecule has 0 radical (unpaired) electrons. The van der Waals surface area contributed by atoms with E-state index in [-0.39, 0.29) is 18.4 Å². The quantitative estimate of drug-likeness (QED) is 0.790. The van der Waals surface area contributed by atoms with Crippen molar-refractivity contribution < 1.29 is 19.1 Å². The number of anilines is 1. The molecule has 0 aliphatic carbocycles. The zero-order chi connectivity index (χ0) is 18.9. The summed E-state index contributed by atoms with van der Waals surface area (Å²) in [6.07, 6.45) is 0.645. The van der Waals surface area contributed by atoms with Gasteiger partial charge in [0.05, 0.1) is 20.8 Å². The summed E-state index contributed by atoms with van der Waals surface area (Å²) < 4.78 is 10.3. The van der Waals surface area contributed by atoms with E-state index in [4.69, 9.17) is 9.47 Å². The number of amides is 2. The second-order valence-corrected chi connectivity index (χ2v) is 5.82. The van der Waals surface area contributed by atoms with Crippen LogP contribution >= 0.6 is 0 Å². The highest BCUT2D eigenvalue weighted by molar-refractivity contribution is 5.94. The van der Waals surface area contributed by atoms with Crippen molar-refractivity contribution in [3.8, 4) is 11.5 Å². The first-order chi connectivity index (χ1) is 12.5. The van der Waals surface area contributed by atoms with Gasteiger partial charge in [0.2, 0.25) is 11.8 Å². The van der Waals surface area contributed by atoms with Crippen LogP contribution in [0.2, 0.25) is 0 Å². The van der Waals surface area contributed by atoms with Crippen molar-refractivity contribution in [1.29, 1.82) is 0 Å². The molecule has 6 nitrogen and oxygen atoms in total. The summed E-state index contributed by atoms with van der Waals surface area (Å²) in [6.45, 7) is 1.93. The number of benzene rings is 2. The molecule has 2 amide bonds. The number of carbonyl (C=O) groups excluding carboxylic acids is 2. The number of nitrogens with one attached hydrogen (secondary N) is 1. The Bertz CT molecular complexity index is 744. The lowest BCUT2D eigenvalue weighted by atomic mass is 10.1. The first-order valence-electron chi connectivity index (χ1n) is 8.34. The van der Waals surface area contributed by atoms with E-state index in [2.05, 4.69) is 5.32 Å². The van der Waals surface area contributed by atoms with Crippen LogP contribution in [0.3, 0.4) is 0 Å². The molecule has 0 atom stereocenters. The maximum Gasteiger partial charge on any atom is 0.243 e. The van der Waals surface area contributed by atoms with Crippen LogP contribution in [0, 0.1) is 0 Å². The summed E-state index contributed by atoms with van der Waals surface area (Å²) in [5.41, 5.74) is 1.71. The van der Waals surface area contributed by atoms with Crippen molar-refractivity contribution >= 4 is 17.5 Å². The van der Waals surface area contributed by atoms with Gasteiger partial charge in [-0.15, -0.1) is 0 Å². The number of carbonyl (C=O) groups is 2. The summed E-state index contributed by atoms with van der Waals surface area (Å²) in [7, 11) is 3.20. The van der Waals surface area contributed by atoms with Crippen LogP contribution in [-0.2, 0) is 16.0 Å². The van der Waals surface area contributed by atoms with Crippen molar-refractivity contribution in [2.75, 3.05) is 32.6 Å². The fraction of sp³-hybridized carbons (Fsp3) is 0.300. The van der Waals surface area contributed by atoms with E-state index in [1.54, 1.807) is 38.5 Å². The second-order valence-electron chi connectivity index (χ2n) is 5.82. The Balaban J connectivity index is 1.91. The Hall–Kier alpha value is -3.02. The first-order valence-corrected chi connectivity index (χ1v) is 8.34. The van der Waals surface area contributed by atoms with E-state index < -0.39 is 0 Å². The SMILES string of the molecule is COc1ccc(NC(=O)CN(CCc2cccc(OC)c2)C(C)=O)cc1. The normalized spacial score (nSPS) is 10.1. The van der Waals surface area contributed by atoms with Gasteiger partial charge in [-0.05, 0) is 48.4 Å². The molecule has 0 aromatic heterocycles. The van der Waals surface area contributed by atoms with Crippen LogP contribution in [-0.4, -0.2) is 44.0 Å². The fourth-order valence-electron chi connectivity index (χ4n) is 2.49. The molecule has 0 bridgehead atoms. The average Bonchev–Trinajstić information content (AvgIpc) is 2.65. The van der Waals surface area contributed by atoms with Crippen LogP contribution in [0.15, 0.2) is 48.5 Å². The molecule has 2 aromatic rings. The summed E-state index contributed by atoms with van der Waals surface area (Å²) in [6, 6.07) is 14.7. The van der Waals surface area contributed by atoms with Crippen LogP contribution in [0.1, 0.15) is 12.5 Å². The number of hydrogen-bond acceptors (Lipinski definition) is 4. The average molecular weight is 356 g/mol. The second kappa shape index (κ2) is 9.46. The van der Waals surface area contributed by atoms with Gasteiger partial charge in [-0.3, -0.25) is 9.59 Å². The predicted molar refractivity (Wildman–Crippen MR) is 101 cm³/mol. The van der Waals surface area contributed by atoms with Crippen LogP contribution < -0.4 is 14.8 Å². The Morgan fingerprint density at radius 3 is 2.31 bits per heavy atom. The number of ether oxygens (including phenoxy) is 2. The Labute approximate surface area is 153 Å². The van der Waals surface area contributed by atoms with Crippen molar-refractivity contribution in [3.05, 3.63) is 54.1 Å². The topological polar surface area (TPSA) is 67.9 Å². The lowest BCUT2D eigenvalue weighted by molar-refractivity contribution is -0.132. The summed E-state index contributed by atoms with van der Waals surface area (Å²) >= 11 is 0. The smallest absolute Gasteiger partial charge is 0.243 e. The maximum absolute atomic E-state index is 12.2. The van der Waals surface area contributed by atoms with E-state index in [9.17, 15) is 9.59 Å². The standard InChI is InChI=1S/C20H24N2O4/c1-15(23)22(12-11-16-5-4-6-19(13-16)26-3)14-20(24)21-17-7-9-18(25-2)10-8-17/h4-10,13H,11-12,14H2,1-3H3,(H,21,24). The largest absolute Gasteiger partial charge is 0.497 e. The van der Waals surface area contributed by atoms with E-state index in [0.717, 1.165) is 11.3 Å². The predicted octanol–water partition coefficient (Wildman–Crippen LogP) is 2.73. The van der Waals surface area contributed by atoms with Crippen molar-refractivity contribution in [2.24, 2.45) is 0 Å². The molecule has 0 aliphatic rings. The molecule has 0 spiro atoms. The third-order valence-electron chi connectivity index (χ3n) is 3.96. The third kappa shape index (κ3) is 5.81. The number of hydrogen-bond donors (Lipinski definition) is 1. The molecular formula is C20H24N2O4. The minimum Gasteiger partial charge on any atom is -0.497 e. The molecule has 2 rings (SSSR count). The molecule has 0 heterocycles. The third-order valence-corrected chi connectivity index (χ3v) is 3.96. The van der Waals surface area contributed by atoms with Crippen LogP contribution in [0.5, 0.6) is 11.5 Å². The molecule has 0 unspecified atom stereocenters. The zero-order valence-corrected chi connectivity index (χ0v) is 15.3. The lowest BCUT2D eigenvalue weighted by Gasteiger charge is -2.20. The van der Waals surface area contributed by atoms with Crippen LogP contribution in [0.4, 0.5) is 5.69 Å². The molecule has 0 fully saturated rings. The molecule has 26 heavy (non-hydrogen) atoms. The highest BCUT2D eigenvalue weighted by Gasteiger charge is 2.14. The van der Waals surface area contributed by atoms with E-state index in [1.807, 2.05) is 24.3 Å². The Kier molecular flexibility index (Phi) is 7.02. The van der Waals surface area contributed by atoms with E-state index >= 15 is 0 Å². The summed E-state index contributed by atoms with van der Waals surface area (Å²) in [4.78, 5) is 25.6. The number of nitrogens with zero attached hydrogens (tertiary/aromatic N) is 1. The van der Waals surface area contributed by atoms with Gasteiger partial charge in [-0.2, -0.15) is 0 Å². The van der Waals surface area contributed by atoms with Gasteiger partial charge in [0.25, 0.3) is 0 Å². The molecule has 6 heteroatoms. The van der Waals surface area contributed by atoms with Crippen molar-refractivity contribution in [3.63, 3.8) is 0 Å². The first kappa shape index (κ1) is 19.3. The molecule has 0 saturated carbocycles. The lowest BCUT2D eigenvalue weighted by Crippen LogP contribution is -2.38. The number of rotatable bonds is 8. The van der Waals surface area contributed by atoms with Gasteiger partial charge in [0.15, 0.2) is 0 Å². The molecule has 138 valence electrons. The van der Waals surface area contributed by atoms with Gasteiger partial charge < -0.3 is 19.7 Å². The summed E-state index contributed by atoms with van der Waals surface area (Å²) in [5, 5.41) is 2.79. The van der Waals surface area contributed by atoms with Crippen LogP contribution in [0.25, 0.3) is 0 Å². The highest BCUT2D eigenvalue weighted by Crippen LogP contribution is 2.15. The Morgan fingerprint density at radius 1 is 1.00 bits per heavy atom. The van der Waals surface area contributed by atoms with Gasteiger partial charge in [-0.25, -0.2) is 0 Å². The van der Waals surface area contributed by atoms with E-state index in [1.165, 1.54) is 11.8 Å². The molecule has 0 aliphatic heterocycles. The monoisotopic (exact) mass is 356 g/mol. The molecule has 1 N–H and O–H groups in total. The van der Waals surface area contributed by atoms with E-state index in [0.29, 0.717) is 24.4 Å². The van der Waals surface area contributed by atoms with Crippen molar-refractivity contribution in [2.45, 2.75) is 13.3 Å². The molecule has 0 saturated heterocycles. The van der Waals surface area contributed by atoms with Gasteiger partial charge >= 0.3 is 0 Å². The van der Waals surface area contributed by atoms with Gasteiger partial charge in [-0.1, -0.05) is 12.1 Å².